The fraction of sp³-hybridized carbons (Fsp3) is 0.167. The van der Waals surface area contributed by atoms with E-state index >= 15 is 0 Å². The van der Waals surface area contributed by atoms with Crippen LogP contribution in [0.2, 0.25) is 5.02 Å². The smallest absolute Gasteiger partial charge is 0.275 e. The molecule has 0 saturated carbocycles. The lowest BCUT2D eigenvalue weighted by atomic mass is 10.3. The van der Waals surface area contributed by atoms with Crippen LogP contribution in [0.25, 0.3) is 0 Å². The molecule has 8 heteroatoms. The maximum Gasteiger partial charge on any atom is 0.275 e. The molecule has 2 aromatic rings. The summed E-state index contributed by atoms with van der Waals surface area (Å²) in [6, 6.07) is 4.25. The lowest BCUT2D eigenvalue weighted by Gasteiger charge is -2.05. The molecule has 0 radical (unpaired) electrons. The Bertz CT molecular complexity index is 689. The second kappa shape index (κ2) is 6.53. The van der Waals surface area contributed by atoms with Crippen LogP contribution in [0.3, 0.4) is 0 Å². The molecule has 0 aromatic carbocycles. The van der Waals surface area contributed by atoms with E-state index in [2.05, 4.69) is 20.3 Å². The second-order valence-corrected chi connectivity index (χ2v) is 5.13. The van der Waals surface area contributed by atoms with Gasteiger partial charge in [0.15, 0.2) is 0 Å². The van der Waals surface area contributed by atoms with E-state index in [0.717, 1.165) is 6.07 Å². The first kappa shape index (κ1) is 14.5. The first-order valence-electron chi connectivity index (χ1n) is 5.60. The Balaban J connectivity index is 2.22. The van der Waals surface area contributed by atoms with Crippen LogP contribution in [-0.4, -0.2) is 27.1 Å². The molecule has 0 spiro atoms. The molecule has 0 bridgehead atoms. The Labute approximate surface area is 124 Å². The topological polar surface area (TPSA) is 87.7 Å². The maximum atomic E-state index is 12.0. The van der Waals surface area contributed by atoms with Gasteiger partial charge in [0.2, 0.25) is 0 Å². The fourth-order valence-corrected chi connectivity index (χ4v) is 2.05. The number of amides is 1. The summed E-state index contributed by atoms with van der Waals surface area (Å²) >= 11 is 7.30. The highest BCUT2D eigenvalue weighted by Gasteiger charge is 2.11. The molecule has 0 saturated heterocycles. The number of nitrogens with one attached hydrogen (secondary N) is 2. The summed E-state index contributed by atoms with van der Waals surface area (Å²) in [6.07, 6.45) is 3.35. The van der Waals surface area contributed by atoms with Crippen molar-refractivity contribution in [3.8, 4) is 0 Å². The van der Waals surface area contributed by atoms with Gasteiger partial charge in [0.25, 0.3) is 11.5 Å². The Morgan fingerprint density at radius 2 is 2.30 bits per heavy atom. The highest BCUT2D eigenvalue weighted by atomic mass is 35.5. The quantitative estimate of drug-likeness (QED) is 0.901. The number of hydrogen-bond donors (Lipinski definition) is 2. The fourth-order valence-electron chi connectivity index (χ4n) is 1.48. The molecule has 0 atom stereocenters. The van der Waals surface area contributed by atoms with E-state index in [0.29, 0.717) is 22.4 Å². The number of H-pyrrole nitrogens is 1. The molecule has 20 heavy (non-hydrogen) atoms. The minimum atomic E-state index is -0.506. The average molecular weight is 311 g/mol. The number of aromatic amines is 1. The third-order valence-electron chi connectivity index (χ3n) is 2.27. The van der Waals surface area contributed by atoms with Gasteiger partial charge in [0, 0.05) is 17.3 Å². The van der Waals surface area contributed by atoms with Crippen molar-refractivity contribution in [1.82, 2.24) is 15.0 Å². The molecule has 0 aliphatic heterocycles. The van der Waals surface area contributed by atoms with Crippen molar-refractivity contribution in [3.05, 3.63) is 51.3 Å². The van der Waals surface area contributed by atoms with Crippen molar-refractivity contribution in [2.24, 2.45) is 0 Å². The Morgan fingerprint density at radius 3 is 3.00 bits per heavy atom. The summed E-state index contributed by atoms with van der Waals surface area (Å²) in [4.78, 5) is 34.1. The average Bonchev–Trinajstić information content (AvgIpc) is 2.38. The second-order valence-electron chi connectivity index (χ2n) is 3.82. The van der Waals surface area contributed by atoms with E-state index < -0.39 is 5.91 Å². The molecular weight excluding hydrogens is 300 g/mol. The number of aromatic nitrogens is 3. The molecule has 2 heterocycles. The normalized spacial score (nSPS) is 10.3. The van der Waals surface area contributed by atoms with E-state index in [1.54, 1.807) is 6.07 Å². The van der Waals surface area contributed by atoms with E-state index in [1.165, 1.54) is 24.0 Å². The number of rotatable bonds is 4. The van der Waals surface area contributed by atoms with Gasteiger partial charge in [-0.25, -0.2) is 9.97 Å². The molecule has 0 fully saturated rings. The maximum absolute atomic E-state index is 12.0. The number of nitrogens with zero attached hydrogens (tertiary/aromatic N) is 2. The highest BCUT2D eigenvalue weighted by molar-refractivity contribution is 7.97. The van der Waals surface area contributed by atoms with Crippen molar-refractivity contribution in [2.45, 2.75) is 5.75 Å². The zero-order valence-corrected chi connectivity index (χ0v) is 12.1. The van der Waals surface area contributed by atoms with Gasteiger partial charge in [-0.05, 0) is 18.4 Å². The van der Waals surface area contributed by atoms with Gasteiger partial charge in [-0.1, -0.05) is 11.6 Å². The minimum absolute atomic E-state index is 0.0413. The summed E-state index contributed by atoms with van der Waals surface area (Å²) in [6.45, 7) is 0. The van der Waals surface area contributed by atoms with Crippen molar-refractivity contribution >= 4 is 35.1 Å². The number of carbonyl (C=O) groups is 1. The Kier molecular flexibility index (Phi) is 4.75. The standard InChI is InChI=1S/C12H11ClN4O2S/c1-20-6-10-15-8(5-11(18)16-10)12(19)17-9-4-7(13)2-3-14-9/h2-5H,6H2,1H3,(H,14,17,19)(H,15,16,18). The Hall–Kier alpha value is -1.86. The van der Waals surface area contributed by atoms with Crippen molar-refractivity contribution in [2.75, 3.05) is 11.6 Å². The van der Waals surface area contributed by atoms with E-state index in [4.69, 9.17) is 11.6 Å². The molecule has 2 N–H and O–H groups in total. The molecule has 6 nitrogen and oxygen atoms in total. The number of hydrogen-bond acceptors (Lipinski definition) is 5. The highest BCUT2D eigenvalue weighted by Crippen LogP contribution is 2.12. The van der Waals surface area contributed by atoms with Crippen LogP contribution in [0, 0.1) is 0 Å². The minimum Gasteiger partial charge on any atom is -0.310 e. The van der Waals surface area contributed by atoms with Crippen molar-refractivity contribution in [3.63, 3.8) is 0 Å². The van der Waals surface area contributed by atoms with Crippen LogP contribution in [0.15, 0.2) is 29.2 Å². The van der Waals surface area contributed by atoms with E-state index in [9.17, 15) is 9.59 Å². The van der Waals surface area contributed by atoms with Crippen LogP contribution in [-0.2, 0) is 5.75 Å². The lowest BCUT2D eigenvalue weighted by Crippen LogP contribution is -2.20. The summed E-state index contributed by atoms with van der Waals surface area (Å²) in [5.74, 6) is 0.768. The zero-order valence-electron chi connectivity index (χ0n) is 10.5. The van der Waals surface area contributed by atoms with Gasteiger partial charge in [-0.3, -0.25) is 9.59 Å². The van der Waals surface area contributed by atoms with Gasteiger partial charge < -0.3 is 10.3 Å². The molecule has 0 aliphatic carbocycles. The summed E-state index contributed by atoms with van der Waals surface area (Å²) < 4.78 is 0. The molecular formula is C12H11ClN4O2S. The van der Waals surface area contributed by atoms with Gasteiger partial charge >= 0.3 is 0 Å². The molecule has 1 amide bonds. The Morgan fingerprint density at radius 1 is 1.50 bits per heavy atom. The van der Waals surface area contributed by atoms with Crippen LogP contribution in [0.5, 0.6) is 0 Å². The zero-order chi connectivity index (χ0) is 14.5. The molecule has 2 rings (SSSR count). The third kappa shape index (κ3) is 3.82. The van der Waals surface area contributed by atoms with Crippen LogP contribution >= 0.6 is 23.4 Å². The third-order valence-corrected chi connectivity index (χ3v) is 3.07. The number of pyridine rings is 1. The number of carbonyl (C=O) groups excluding carboxylic acids is 1. The van der Waals surface area contributed by atoms with Gasteiger partial charge in [0.1, 0.15) is 17.3 Å². The molecule has 0 unspecified atom stereocenters. The number of thioether (sulfide) groups is 1. The summed E-state index contributed by atoms with van der Waals surface area (Å²) in [7, 11) is 0. The lowest BCUT2D eigenvalue weighted by molar-refractivity contribution is 0.102. The van der Waals surface area contributed by atoms with Gasteiger partial charge in [-0.2, -0.15) is 11.8 Å². The summed E-state index contributed by atoms with van der Waals surface area (Å²) in [5, 5.41) is 2.99. The van der Waals surface area contributed by atoms with Crippen LogP contribution in [0.1, 0.15) is 16.3 Å². The van der Waals surface area contributed by atoms with Gasteiger partial charge in [0.05, 0.1) is 5.75 Å². The first-order chi connectivity index (χ1) is 9.58. The van der Waals surface area contributed by atoms with E-state index in [1.807, 2.05) is 6.26 Å². The molecule has 104 valence electrons. The first-order valence-corrected chi connectivity index (χ1v) is 7.38. The van der Waals surface area contributed by atoms with Crippen molar-refractivity contribution < 1.29 is 4.79 Å². The summed E-state index contributed by atoms with van der Waals surface area (Å²) in [5.41, 5.74) is -0.326. The predicted molar refractivity (Wildman–Crippen MR) is 79.3 cm³/mol. The monoisotopic (exact) mass is 310 g/mol. The molecule has 2 aromatic heterocycles. The molecule has 0 aliphatic rings. The SMILES string of the molecule is CSCc1nc(C(=O)Nc2cc(Cl)ccn2)cc(=O)[nH]1. The van der Waals surface area contributed by atoms with Crippen molar-refractivity contribution in [1.29, 1.82) is 0 Å². The van der Waals surface area contributed by atoms with E-state index in [-0.39, 0.29) is 11.3 Å². The predicted octanol–water partition coefficient (Wildman–Crippen LogP) is 1.93. The van der Waals surface area contributed by atoms with Gasteiger partial charge in [-0.15, -0.1) is 0 Å². The number of halogens is 1. The van der Waals surface area contributed by atoms with Crippen LogP contribution in [0.4, 0.5) is 5.82 Å². The number of anilines is 1. The largest absolute Gasteiger partial charge is 0.310 e. The van der Waals surface area contributed by atoms with Crippen LogP contribution < -0.4 is 10.9 Å².